The van der Waals surface area contributed by atoms with Crippen molar-refractivity contribution in [1.82, 2.24) is 5.43 Å². The van der Waals surface area contributed by atoms with Gasteiger partial charge in [-0.2, -0.15) is 5.10 Å². The van der Waals surface area contributed by atoms with Gasteiger partial charge in [0, 0.05) is 5.56 Å². The van der Waals surface area contributed by atoms with Crippen LogP contribution in [0.15, 0.2) is 35.4 Å². The SMILES string of the molecule is COc1cc(/C=N/NC(=O)c2cc(O)c(O)c(O)c2)ccc1O. The number of methoxy groups -OCH3 is 1. The van der Waals surface area contributed by atoms with Crippen LogP contribution in [0.1, 0.15) is 15.9 Å². The van der Waals surface area contributed by atoms with Crippen molar-refractivity contribution >= 4 is 12.1 Å². The molecule has 8 heteroatoms. The molecular formula is C15H14N2O6. The quantitative estimate of drug-likeness (QED) is 0.328. The number of hydrazone groups is 1. The van der Waals surface area contributed by atoms with Crippen LogP contribution in [0.4, 0.5) is 0 Å². The molecule has 5 N–H and O–H groups in total. The van der Waals surface area contributed by atoms with Crippen molar-refractivity contribution in [3.05, 3.63) is 41.5 Å². The second-order valence-electron chi connectivity index (χ2n) is 4.49. The van der Waals surface area contributed by atoms with Crippen molar-refractivity contribution in [2.45, 2.75) is 0 Å². The summed E-state index contributed by atoms with van der Waals surface area (Å²) in [6.07, 6.45) is 1.32. The van der Waals surface area contributed by atoms with E-state index in [1.54, 1.807) is 6.07 Å². The standard InChI is InChI=1S/C15H14N2O6/c1-23-13-4-8(2-3-10(13)18)7-16-17-15(22)9-5-11(19)14(21)12(20)6-9/h2-7,18-21H,1H3,(H,17,22)/b16-7+. The van der Waals surface area contributed by atoms with Gasteiger partial charge < -0.3 is 25.2 Å². The van der Waals surface area contributed by atoms with Crippen LogP contribution < -0.4 is 10.2 Å². The van der Waals surface area contributed by atoms with Crippen molar-refractivity contribution in [2.75, 3.05) is 7.11 Å². The summed E-state index contributed by atoms with van der Waals surface area (Å²) in [5.74, 6) is -2.42. The Balaban J connectivity index is 2.10. The van der Waals surface area contributed by atoms with Gasteiger partial charge in [0.05, 0.1) is 13.3 Å². The monoisotopic (exact) mass is 318 g/mol. The molecule has 0 saturated heterocycles. The third-order valence-electron chi connectivity index (χ3n) is 2.92. The minimum absolute atomic E-state index is 0.0243. The number of phenolic OH excluding ortho intramolecular Hbond substituents is 4. The second-order valence-corrected chi connectivity index (χ2v) is 4.49. The van der Waals surface area contributed by atoms with Crippen molar-refractivity contribution in [3.8, 4) is 28.7 Å². The Morgan fingerprint density at radius 3 is 2.35 bits per heavy atom. The number of ether oxygens (including phenoxy) is 1. The summed E-state index contributed by atoms with van der Waals surface area (Å²) < 4.78 is 4.94. The molecule has 23 heavy (non-hydrogen) atoms. The van der Waals surface area contributed by atoms with Crippen molar-refractivity contribution in [3.63, 3.8) is 0 Å². The Labute approximate surface area is 130 Å². The molecule has 1 amide bonds. The number of carbonyl (C=O) groups is 1. The van der Waals surface area contributed by atoms with Crippen molar-refractivity contribution < 1.29 is 30.0 Å². The molecule has 0 aliphatic rings. The molecule has 0 atom stereocenters. The largest absolute Gasteiger partial charge is 0.504 e. The van der Waals surface area contributed by atoms with Gasteiger partial charge in [-0.15, -0.1) is 0 Å². The Bertz CT molecular complexity index is 750. The summed E-state index contributed by atoms with van der Waals surface area (Å²) in [5, 5.41) is 41.1. The molecule has 0 spiro atoms. The maximum atomic E-state index is 11.8. The van der Waals surface area contributed by atoms with Crippen LogP contribution in [-0.4, -0.2) is 39.7 Å². The first-order valence-electron chi connectivity index (χ1n) is 6.37. The Hall–Kier alpha value is -3.42. The van der Waals surface area contributed by atoms with E-state index in [-0.39, 0.29) is 17.1 Å². The first-order valence-corrected chi connectivity index (χ1v) is 6.37. The van der Waals surface area contributed by atoms with Crippen LogP contribution in [0.3, 0.4) is 0 Å². The number of nitrogens with one attached hydrogen (secondary N) is 1. The Morgan fingerprint density at radius 1 is 1.09 bits per heavy atom. The van der Waals surface area contributed by atoms with Crippen LogP contribution in [0.5, 0.6) is 28.7 Å². The first kappa shape index (κ1) is 16.0. The summed E-state index contributed by atoms with van der Waals surface area (Å²) in [6.45, 7) is 0. The van der Waals surface area contributed by atoms with Crippen LogP contribution in [0.25, 0.3) is 0 Å². The molecule has 0 heterocycles. The minimum Gasteiger partial charge on any atom is -0.504 e. The van der Waals surface area contributed by atoms with Gasteiger partial charge in [0.2, 0.25) is 0 Å². The lowest BCUT2D eigenvalue weighted by molar-refractivity contribution is 0.0954. The average molecular weight is 318 g/mol. The summed E-state index contributed by atoms with van der Waals surface area (Å²) in [6, 6.07) is 6.47. The predicted octanol–water partition coefficient (Wildman–Crippen LogP) is 1.28. The van der Waals surface area contributed by atoms with Gasteiger partial charge in [-0.25, -0.2) is 5.43 Å². The molecule has 2 aromatic carbocycles. The van der Waals surface area contributed by atoms with E-state index < -0.39 is 23.2 Å². The number of rotatable bonds is 4. The predicted molar refractivity (Wildman–Crippen MR) is 81.2 cm³/mol. The highest BCUT2D eigenvalue weighted by atomic mass is 16.5. The average Bonchev–Trinajstić information content (AvgIpc) is 2.53. The smallest absolute Gasteiger partial charge is 0.271 e. The minimum atomic E-state index is -0.707. The lowest BCUT2D eigenvalue weighted by Gasteiger charge is -2.05. The molecule has 0 fully saturated rings. The number of phenols is 4. The molecule has 0 saturated carbocycles. The lowest BCUT2D eigenvalue weighted by Crippen LogP contribution is -2.17. The van der Waals surface area contributed by atoms with Crippen LogP contribution in [0.2, 0.25) is 0 Å². The molecule has 0 aliphatic carbocycles. The highest BCUT2D eigenvalue weighted by molar-refractivity contribution is 5.96. The molecule has 120 valence electrons. The van der Waals surface area contributed by atoms with E-state index in [0.717, 1.165) is 12.1 Å². The van der Waals surface area contributed by atoms with Gasteiger partial charge in [-0.05, 0) is 35.9 Å². The van der Waals surface area contributed by atoms with Crippen molar-refractivity contribution in [1.29, 1.82) is 0 Å². The second kappa shape index (κ2) is 6.56. The first-order chi connectivity index (χ1) is 10.9. The highest BCUT2D eigenvalue weighted by Gasteiger charge is 2.12. The van der Waals surface area contributed by atoms with Gasteiger partial charge >= 0.3 is 0 Å². The number of benzene rings is 2. The van der Waals surface area contributed by atoms with Gasteiger partial charge in [-0.3, -0.25) is 4.79 Å². The number of nitrogens with zero attached hydrogens (tertiary/aromatic N) is 1. The topological polar surface area (TPSA) is 132 Å². The van der Waals surface area contributed by atoms with Gasteiger partial charge in [0.25, 0.3) is 5.91 Å². The van der Waals surface area contributed by atoms with E-state index in [9.17, 15) is 25.2 Å². The van der Waals surface area contributed by atoms with E-state index in [1.807, 2.05) is 0 Å². The molecule has 2 aromatic rings. The number of carbonyl (C=O) groups excluding carboxylic acids is 1. The molecular weight excluding hydrogens is 304 g/mol. The van der Waals surface area contributed by atoms with E-state index in [4.69, 9.17) is 4.74 Å². The maximum absolute atomic E-state index is 11.8. The van der Waals surface area contributed by atoms with Gasteiger partial charge in [0.15, 0.2) is 28.7 Å². The van der Waals surface area contributed by atoms with E-state index in [2.05, 4.69) is 10.5 Å². The summed E-state index contributed by atoms with van der Waals surface area (Å²) >= 11 is 0. The van der Waals surface area contributed by atoms with Crippen molar-refractivity contribution in [2.24, 2.45) is 5.10 Å². The summed E-state index contributed by atoms with van der Waals surface area (Å²) in [4.78, 5) is 11.8. The number of hydrogen-bond donors (Lipinski definition) is 5. The molecule has 0 aliphatic heterocycles. The number of amides is 1. The van der Waals surface area contributed by atoms with Crippen LogP contribution in [0, 0.1) is 0 Å². The summed E-state index contributed by atoms with van der Waals surface area (Å²) in [5.41, 5.74) is 2.68. The zero-order valence-corrected chi connectivity index (χ0v) is 12.0. The third kappa shape index (κ3) is 3.62. The molecule has 0 radical (unpaired) electrons. The zero-order chi connectivity index (χ0) is 17.0. The van der Waals surface area contributed by atoms with E-state index in [0.29, 0.717) is 5.56 Å². The summed E-state index contributed by atoms with van der Waals surface area (Å²) in [7, 11) is 1.40. The zero-order valence-electron chi connectivity index (χ0n) is 12.0. The van der Waals surface area contributed by atoms with Gasteiger partial charge in [0.1, 0.15) is 0 Å². The normalized spacial score (nSPS) is 10.7. The van der Waals surface area contributed by atoms with Gasteiger partial charge in [-0.1, -0.05) is 0 Å². The lowest BCUT2D eigenvalue weighted by atomic mass is 10.2. The fourth-order valence-electron chi connectivity index (χ4n) is 1.74. The van der Waals surface area contributed by atoms with E-state index in [1.165, 1.54) is 25.5 Å². The molecule has 8 nitrogen and oxygen atoms in total. The molecule has 0 bridgehead atoms. The number of hydrogen-bond acceptors (Lipinski definition) is 7. The Kier molecular flexibility index (Phi) is 4.55. The highest BCUT2D eigenvalue weighted by Crippen LogP contribution is 2.35. The van der Waals surface area contributed by atoms with Crippen LogP contribution >= 0.6 is 0 Å². The Morgan fingerprint density at radius 2 is 1.74 bits per heavy atom. The molecule has 2 rings (SSSR count). The fraction of sp³-hybridized carbons (Fsp3) is 0.0667. The van der Waals surface area contributed by atoms with E-state index >= 15 is 0 Å². The third-order valence-corrected chi connectivity index (χ3v) is 2.92. The van der Waals surface area contributed by atoms with Crippen LogP contribution in [-0.2, 0) is 0 Å². The molecule has 0 unspecified atom stereocenters. The fourth-order valence-corrected chi connectivity index (χ4v) is 1.74. The number of aromatic hydroxyl groups is 4. The maximum Gasteiger partial charge on any atom is 0.271 e. The molecule has 0 aromatic heterocycles.